The van der Waals surface area contributed by atoms with Crippen molar-refractivity contribution in [1.82, 2.24) is 0 Å². The van der Waals surface area contributed by atoms with Crippen LogP contribution in [0.1, 0.15) is 21.5 Å². The second-order valence-corrected chi connectivity index (χ2v) is 8.31. The van der Waals surface area contributed by atoms with Crippen LogP contribution in [0.4, 0.5) is 11.4 Å². The Morgan fingerprint density at radius 3 is 2.41 bits per heavy atom. The van der Waals surface area contributed by atoms with E-state index in [1.807, 2.05) is 6.92 Å². The maximum atomic E-state index is 12.7. The van der Waals surface area contributed by atoms with Crippen LogP contribution >= 0.6 is 0 Å². The molecule has 0 aliphatic carbocycles. The molecule has 1 N–H and O–H groups in total. The van der Waals surface area contributed by atoms with Gasteiger partial charge in [-0.05, 0) is 48.7 Å². The van der Waals surface area contributed by atoms with Gasteiger partial charge in [0.25, 0.3) is 5.91 Å². The monoisotopic (exact) mass is 390 g/mol. The summed E-state index contributed by atoms with van der Waals surface area (Å²) in [7, 11) is -0.221. The number of rotatable bonds is 5. The topological polar surface area (TPSA) is 84.9 Å². The van der Waals surface area contributed by atoms with E-state index in [1.165, 1.54) is 17.7 Å². The van der Waals surface area contributed by atoms with Crippen molar-refractivity contribution in [2.75, 3.05) is 36.6 Å². The van der Waals surface area contributed by atoms with Gasteiger partial charge in [-0.3, -0.25) is 9.10 Å². The van der Waals surface area contributed by atoms with Gasteiger partial charge in [0.05, 0.1) is 26.2 Å². The molecule has 0 atom stereocenters. The number of fused-ring (bicyclic) bond motifs is 1. The number of carbonyl (C=O) groups excluding carboxylic acids is 1. The number of aryl methyl sites for hydroxylation is 1. The third-order valence-corrected chi connectivity index (χ3v) is 5.75. The quantitative estimate of drug-likeness (QED) is 0.848. The number of anilines is 2. The Hall–Kier alpha value is -2.74. The second kappa shape index (κ2) is 7.11. The highest BCUT2D eigenvalue weighted by molar-refractivity contribution is 7.92. The summed E-state index contributed by atoms with van der Waals surface area (Å²) in [5, 5.41) is 2.88. The molecule has 1 heterocycles. The Balaban J connectivity index is 1.86. The van der Waals surface area contributed by atoms with Crippen LogP contribution in [0.15, 0.2) is 30.3 Å². The first-order valence-electron chi connectivity index (χ1n) is 8.39. The summed E-state index contributed by atoms with van der Waals surface area (Å²) in [6.45, 7) is 2.26. The van der Waals surface area contributed by atoms with Crippen molar-refractivity contribution in [2.45, 2.75) is 13.3 Å². The highest BCUT2D eigenvalue weighted by atomic mass is 32.2. The van der Waals surface area contributed by atoms with Gasteiger partial charge in [0.1, 0.15) is 0 Å². The number of nitrogens with zero attached hydrogens (tertiary/aromatic N) is 1. The Morgan fingerprint density at radius 2 is 1.78 bits per heavy atom. The van der Waals surface area contributed by atoms with Crippen LogP contribution in [0.2, 0.25) is 0 Å². The molecule has 0 aromatic heterocycles. The van der Waals surface area contributed by atoms with E-state index in [4.69, 9.17) is 9.47 Å². The number of hydrogen-bond donors (Lipinski definition) is 1. The molecule has 0 bridgehead atoms. The molecule has 0 radical (unpaired) electrons. The molecule has 144 valence electrons. The van der Waals surface area contributed by atoms with Crippen molar-refractivity contribution in [3.05, 3.63) is 47.0 Å². The van der Waals surface area contributed by atoms with Gasteiger partial charge >= 0.3 is 0 Å². The highest BCUT2D eigenvalue weighted by Crippen LogP contribution is 2.34. The van der Waals surface area contributed by atoms with E-state index in [0.717, 1.165) is 11.1 Å². The lowest BCUT2D eigenvalue weighted by Crippen LogP contribution is -2.27. The van der Waals surface area contributed by atoms with Gasteiger partial charge in [-0.2, -0.15) is 0 Å². The number of ether oxygens (including phenoxy) is 2. The smallest absolute Gasteiger partial charge is 0.255 e. The third kappa shape index (κ3) is 3.71. The molecule has 3 rings (SSSR count). The van der Waals surface area contributed by atoms with Crippen LogP contribution in [-0.4, -0.2) is 41.3 Å². The zero-order chi connectivity index (χ0) is 19.8. The summed E-state index contributed by atoms with van der Waals surface area (Å²) >= 11 is 0. The molecule has 2 aromatic rings. The van der Waals surface area contributed by atoms with Gasteiger partial charge in [0.15, 0.2) is 11.5 Å². The fourth-order valence-electron chi connectivity index (χ4n) is 3.17. The molecule has 0 unspecified atom stereocenters. The van der Waals surface area contributed by atoms with Gasteiger partial charge in [-0.15, -0.1) is 0 Å². The lowest BCUT2D eigenvalue weighted by atomic mass is 10.1. The molecule has 7 nitrogen and oxygen atoms in total. The number of sulfonamides is 1. The molecule has 27 heavy (non-hydrogen) atoms. The van der Waals surface area contributed by atoms with Crippen LogP contribution in [-0.2, 0) is 16.4 Å². The average molecular weight is 390 g/mol. The predicted octanol–water partition coefficient (Wildman–Crippen LogP) is 2.59. The first-order valence-corrected chi connectivity index (χ1v) is 10.2. The Morgan fingerprint density at radius 1 is 1.11 bits per heavy atom. The van der Waals surface area contributed by atoms with E-state index >= 15 is 0 Å². The summed E-state index contributed by atoms with van der Waals surface area (Å²) in [6.07, 6.45) is 1.77. The average Bonchev–Trinajstić information content (AvgIpc) is 3.06. The molecule has 0 saturated carbocycles. The molecule has 0 fully saturated rings. The summed E-state index contributed by atoms with van der Waals surface area (Å²) in [5.41, 5.74) is 3.41. The van der Waals surface area contributed by atoms with Gasteiger partial charge in [-0.1, -0.05) is 0 Å². The summed E-state index contributed by atoms with van der Waals surface area (Å²) < 4.78 is 35.6. The molecule has 0 saturated heterocycles. The largest absolute Gasteiger partial charge is 0.493 e. The van der Waals surface area contributed by atoms with Crippen LogP contribution < -0.4 is 19.1 Å². The van der Waals surface area contributed by atoms with Crippen LogP contribution in [0.5, 0.6) is 11.5 Å². The van der Waals surface area contributed by atoms with E-state index in [1.54, 1.807) is 37.4 Å². The van der Waals surface area contributed by atoms with Crippen molar-refractivity contribution < 1.29 is 22.7 Å². The fraction of sp³-hybridized carbons (Fsp3) is 0.316. The molecule has 1 aliphatic rings. The van der Waals surface area contributed by atoms with Gasteiger partial charge < -0.3 is 14.8 Å². The third-order valence-electron chi connectivity index (χ3n) is 4.57. The number of benzene rings is 2. The lowest BCUT2D eigenvalue weighted by Gasteiger charge is -2.17. The minimum Gasteiger partial charge on any atom is -0.493 e. The molecule has 1 amide bonds. The number of methoxy groups -OCH3 is 2. The van der Waals surface area contributed by atoms with Crippen molar-refractivity contribution in [2.24, 2.45) is 0 Å². The Kier molecular flexibility index (Phi) is 5.01. The lowest BCUT2D eigenvalue weighted by molar-refractivity contribution is 0.102. The predicted molar refractivity (Wildman–Crippen MR) is 105 cm³/mol. The highest BCUT2D eigenvalue weighted by Gasteiger charge is 2.26. The minimum atomic E-state index is -3.31. The maximum absolute atomic E-state index is 12.7. The SMILES string of the molecule is COc1cc(C)c(NC(=O)c2ccc3c(c2)CCN3S(C)(=O)=O)cc1OC. The summed E-state index contributed by atoms with van der Waals surface area (Å²) in [6, 6.07) is 8.56. The molecular formula is C19H22N2O5S. The maximum Gasteiger partial charge on any atom is 0.255 e. The molecule has 1 aliphatic heterocycles. The van der Waals surface area contributed by atoms with E-state index in [-0.39, 0.29) is 5.91 Å². The standard InChI is InChI=1S/C19H22N2O5S/c1-12-9-17(25-2)18(26-3)11-15(12)20-19(22)14-5-6-16-13(10-14)7-8-21(16)27(4,23)24/h5-6,9-11H,7-8H2,1-4H3,(H,20,22). The number of amides is 1. The number of hydrogen-bond acceptors (Lipinski definition) is 5. The summed E-state index contributed by atoms with van der Waals surface area (Å²) in [5.74, 6) is 0.841. The number of carbonyl (C=O) groups is 1. The van der Waals surface area contributed by atoms with Gasteiger partial charge in [0, 0.05) is 23.9 Å². The number of nitrogens with one attached hydrogen (secondary N) is 1. The van der Waals surface area contributed by atoms with E-state index in [0.29, 0.717) is 41.4 Å². The fourth-order valence-corrected chi connectivity index (χ4v) is 4.13. The van der Waals surface area contributed by atoms with Crippen LogP contribution in [0.25, 0.3) is 0 Å². The van der Waals surface area contributed by atoms with Gasteiger partial charge in [-0.25, -0.2) is 8.42 Å². The van der Waals surface area contributed by atoms with E-state index < -0.39 is 10.0 Å². The van der Waals surface area contributed by atoms with E-state index in [2.05, 4.69) is 5.32 Å². The zero-order valence-corrected chi connectivity index (χ0v) is 16.5. The van der Waals surface area contributed by atoms with Gasteiger partial charge in [0.2, 0.25) is 10.0 Å². The summed E-state index contributed by atoms with van der Waals surface area (Å²) in [4.78, 5) is 12.7. The molecule has 8 heteroatoms. The van der Waals surface area contributed by atoms with E-state index in [9.17, 15) is 13.2 Å². The first-order chi connectivity index (χ1) is 12.7. The molecule has 0 spiro atoms. The Labute approximate surface area is 158 Å². The molecule has 2 aromatic carbocycles. The zero-order valence-electron chi connectivity index (χ0n) is 15.7. The van der Waals surface area contributed by atoms with Crippen molar-refractivity contribution in [3.63, 3.8) is 0 Å². The van der Waals surface area contributed by atoms with Crippen LogP contribution in [0, 0.1) is 6.92 Å². The van der Waals surface area contributed by atoms with Crippen molar-refractivity contribution in [1.29, 1.82) is 0 Å². The van der Waals surface area contributed by atoms with Crippen LogP contribution in [0.3, 0.4) is 0 Å². The normalized spacial score (nSPS) is 13.3. The minimum absolute atomic E-state index is 0.272. The van der Waals surface area contributed by atoms with Crippen molar-refractivity contribution in [3.8, 4) is 11.5 Å². The van der Waals surface area contributed by atoms with Crippen molar-refractivity contribution >= 4 is 27.3 Å². The second-order valence-electron chi connectivity index (χ2n) is 6.40. The Bertz CT molecular complexity index is 1000. The first kappa shape index (κ1) is 19.0. The molecular weight excluding hydrogens is 368 g/mol.